The van der Waals surface area contributed by atoms with Gasteiger partial charge >= 0.3 is 0 Å². The second-order valence-electron chi connectivity index (χ2n) is 5.18. The molecule has 0 saturated heterocycles. The molecule has 0 saturated carbocycles. The van der Waals surface area contributed by atoms with E-state index in [0.29, 0.717) is 5.56 Å². The summed E-state index contributed by atoms with van der Waals surface area (Å²) in [6.07, 6.45) is 3.13. The predicted molar refractivity (Wildman–Crippen MR) is 76.4 cm³/mol. The second-order valence-corrected chi connectivity index (χ2v) is 5.58. The van der Waals surface area contributed by atoms with Crippen molar-refractivity contribution in [1.29, 1.82) is 0 Å². The summed E-state index contributed by atoms with van der Waals surface area (Å²) in [5, 5.41) is 10.5. The standard InChI is InChI=1S/C16H15ClFNO/c17-13-5-1-3-11(15(13)18)9-14(20)12-7-6-10-4-2-8-19-16(10)12/h1-5,8,12,14,20H,6-7,9H2. The van der Waals surface area contributed by atoms with Crippen molar-refractivity contribution in [3.8, 4) is 0 Å². The Balaban J connectivity index is 1.81. The molecule has 1 aliphatic carbocycles. The summed E-state index contributed by atoms with van der Waals surface area (Å²) in [4.78, 5) is 4.36. The first-order valence-electron chi connectivity index (χ1n) is 6.71. The third kappa shape index (κ3) is 2.43. The Morgan fingerprint density at radius 2 is 2.20 bits per heavy atom. The normalized spacial score (nSPS) is 18.9. The summed E-state index contributed by atoms with van der Waals surface area (Å²) < 4.78 is 13.9. The van der Waals surface area contributed by atoms with Crippen molar-refractivity contribution in [2.24, 2.45) is 0 Å². The molecule has 0 aliphatic heterocycles. The van der Waals surface area contributed by atoms with Gasteiger partial charge in [-0.3, -0.25) is 4.98 Å². The number of pyridine rings is 1. The maximum absolute atomic E-state index is 13.9. The predicted octanol–water partition coefficient (Wildman–Crippen LogP) is 3.51. The highest BCUT2D eigenvalue weighted by Gasteiger charge is 2.30. The Bertz CT molecular complexity index is 632. The van der Waals surface area contributed by atoms with Crippen molar-refractivity contribution in [3.63, 3.8) is 0 Å². The van der Waals surface area contributed by atoms with Gasteiger partial charge in [0.05, 0.1) is 11.1 Å². The van der Waals surface area contributed by atoms with Crippen LogP contribution in [0.5, 0.6) is 0 Å². The van der Waals surface area contributed by atoms with Crippen molar-refractivity contribution in [2.75, 3.05) is 0 Å². The molecule has 1 aliphatic rings. The highest BCUT2D eigenvalue weighted by atomic mass is 35.5. The fourth-order valence-electron chi connectivity index (χ4n) is 2.89. The van der Waals surface area contributed by atoms with Gasteiger partial charge in [0.25, 0.3) is 0 Å². The maximum Gasteiger partial charge on any atom is 0.145 e. The molecule has 0 amide bonds. The minimum absolute atomic E-state index is 0.0235. The van der Waals surface area contributed by atoms with E-state index in [1.54, 1.807) is 18.3 Å². The fourth-order valence-corrected chi connectivity index (χ4v) is 3.09. The van der Waals surface area contributed by atoms with Crippen LogP contribution >= 0.6 is 11.6 Å². The summed E-state index contributed by atoms with van der Waals surface area (Å²) in [5.41, 5.74) is 2.58. The smallest absolute Gasteiger partial charge is 0.145 e. The molecule has 1 aromatic carbocycles. The number of aliphatic hydroxyl groups is 1. The molecule has 0 spiro atoms. The van der Waals surface area contributed by atoms with E-state index in [4.69, 9.17) is 11.6 Å². The summed E-state index contributed by atoms with van der Waals surface area (Å²) in [7, 11) is 0. The van der Waals surface area contributed by atoms with Crippen LogP contribution in [-0.4, -0.2) is 16.2 Å². The van der Waals surface area contributed by atoms with E-state index in [1.807, 2.05) is 12.1 Å². The van der Waals surface area contributed by atoms with Gasteiger partial charge in [-0.25, -0.2) is 4.39 Å². The molecule has 0 bridgehead atoms. The molecule has 3 rings (SSSR count). The Morgan fingerprint density at radius 3 is 3.05 bits per heavy atom. The Morgan fingerprint density at radius 1 is 1.35 bits per heavy atom. The lowest BCUT2D eigenvalue weighted by molar-refractivity contribution is 0.140. The molecule has 20 heavy (non-hydrogen) atoms. The summed E-state index contributed by atoms with van der Waals surface area (Å²) >= 11 is 5.77. The maximum atomic E-state index is 13.9. The monoisotopic (exact) mass is 291 g/mol. The lowest BCUT2D eigenvalue weighted by Crippen LogP contribution is -2.20. The molecular formula is C16H15ClFNO. The van der Waals surface area contributed by atoms with E-state index in [2.05, 4.69) is 4.98 Å². The minimum Gasteiger partial charge on any atom is -0.392 e. The molecule has 1 heterocycles. The number of rotatable bonds is 3. The van der Waals surface area contributed by atoms with E-state index in [-0.39, 0.29) is 17.4 Å². The number of nitrogens with zero attached hydrogens (tertiary/aromatic N) is 1. The van der Waals surface area contributed by atoms with E-state index < -0.39 is 11.9 Å². The second kappa shape index (κ2) is 5.51. The number of aliphatic hydroxyl groups excluding tert-OH is 1. The molecule has 1 aromatic heterocycles. The molecule has 2 nitrogen and oxygen atoms in total. The van der Waals surface area contributed by atoms with Crippen molar-refractivity contribution in [3.05, 3.63) is 64.2 Å². The van der Waals surface area contributed by atoms with Crippen LogP contribution in [0, 0.1) is 5.82 Å². The highest BCUT2D eigenvalue weighted by Crippen LogP contribution is 2.35. The zero-order valence-electron chi connectivity index (χ0n) is 10.9. The number of fused-ring (bicyclic) bond motifs is 1. The van der Waals surface area contributed by atoms with Crippen LogP contribution < -0.4 is 0 Å². The number of halogens is 2. The molecule has 0 fully saturated rings. The number of hydrogen-bond acceptors (Lipinski definition) is 2. The number of aromatic nitrogens is 1. The molecule has 1 N–H and O–H groups in total. The average molecular weight is 292 g/mol. The summed E-state index contributed by atoms with van der Waals surface area (Å²) in [5.74, 6) is -0.461. The van der Waals surface area contributed by atoms with E-state index in [1.165, 1.54) is 11.6 Å². The van der Waals surface area contributed by atoms with Crippen LogP contribution in [0.1, 0.15) is 29.2 Å². The van der Waals surface area contributed by atoms with Crippen LogP contribution in [0.25, 0.3) is 0 Å². The third-order valence-corrected chi connectivity index (χ3v) is 4.22. The minimum atomic E-state index is -0.640. The van der Waals surface area contributed by atoms with Crippen molar-refractivity contribution >= 4 is 11.6 Å². The van der Waals surface area contributed by atoms with Crippen LogP contribution in [0.15, 0.2) is 36.5 Å². The van der Waals surface area contributed by atoms with Gasteiger partial charge in [0, 0.05) is 24.2 Å². The van der Waals surface area contributed by atoms with E-state index in [9.17, 15) is 9.50 Å². The van der Waals surface area contributed by atoms with Gasteiger partial charge in [0.1, 0.15) is 5.82 Å². The van der Waals surface area contributed by atoms with Gasteiger partial charge in [0.2, 0.25) is 0 Å². The van der Waals surface area contributed by atoms with Gasteiger partial charge in [-0.05, 0) is 36.1 Å². The number of hydrogen-bond donors (Lipinski definition) is 1. The Kier molecular flexibility index (Phi) is 3.72. The van der Waals surface area contributed by atoms with Gasteiger partial charge in [-0.1, -0.05) is 29.8 Å². The van der Waals surface area contributed by atoms with E-state index >= 15 is 0 Å². The zero-order chi connectivity index (χ0) is 14.1. The van der Waals surface area contributed by atoms with Gasteiger partial charge < -0.3 is 5.11 Å². The van der Waals surface area contributed by atoms with Gasteiger partial charge in [-0.2, -0.15) is 0 Å². The lowest BCUT2D eigenvalue weighted by atomic mass is 9.93. The molecule has 2 unspecified atom stereocenters. The quantitative estimate of drug-likeness (QED) is 0.939. The SMILES string of the molecule is OC(Cc1cccc(Cl)c1F)C1CCc2cccnc21. The molecule has 2 aromatic rings. The van der Waals surface area contributed by atoms with Crippen LogP contribution in [0.3, 0.4) is 0 Å². The first kappa shape index (κ1) is 13.5. The van der Waals surface area contributed by atoms with Gasteiger partial charge in [-0.15, -0.1) is 0 Å². The summed E-state index contributed by atoms with van der Waals surface area (Å²) in [6.45, 7) is 0. The van der Waals surface area contributed by atoms with Crippen molar-refractivity contribution in [1.82, 2.24) is 4.98 Å². The van der Waals surface area contributed by atoms with Crippen LogP contribution in [0.4, 0.5) is 4.39 Å². The van der Waals surface area contributed by atoms with Crippen LogP contribution in [0.2, 0.25) is 5.02 Å². The Hall–Kier alpha value is -1.45. The molecule has 104 valence electrons. The number of benzene rings is 1. The third-order valence-electron chi connectivity index (χ3n) is 3.93. The molecular weight excluding hydrogens is 277 g/mol. The van der Waals surface area contributed by atoms with E-state index in [0.717, 1.165) is 18.5 Å². The highest BCUT2D eigenvalue weighted by molar-refractivity contribution is 6.30. The summed E-state index contributed by atoms with van der Waals surface area (Å²) in [6, 6.07) is 8.82. The fraction of sp³-hybridized carbons (Fsp3) is 0.312. The average Bonchev–Trinajstić information content (AvgIpc) is 2.88. The Labute approximate surface area is 122 Å². The first-order chi connectivity index (χ1) is 9.66. The zero-order valence-corrected chi connectivity index (χ0v) is 11.6. The lowest BCUT2D eigenvalue weighted by Gasteiger charge is -2.19. The topological polar surface area (TPSA) is 33.1 Å². The van der Waals surface area contributed by atoms with Crippen molar-refractivity contribution in [2.45, 2.75) is 31.3 Å². The first-order valence-corrected chi connectivity index (χ1v) is 7.09. The van der Waals surface area contributed by atoms with Crippen LogP contribution in [-0.2, 0) is 12.8 Å². The molecule has 0 radical (unpaired) electrons. The molecule has 2 atom stereocenters. The van der Waals surface area contributed by atoms with Gasteiger partial charge in [0.15, 0.2) is 0 Å². The largest absolute Gasteiger partial charge is 0.392 e. The molecule has 4 heteroatoms. The number of aryl methyl sites for hydroxylation is 1. The van der Waals surface area contributed by atoms with Crippen molar-refractivity contribution < 1.29 is 9.50 Å².